The summed E-state index contributed by atoms with van der Waals surface area (Å²) < 4.78 is 23.8. The largest absolute Gasteiger partial charge is 0.493 e. The van der Waals surface area contributed by atoms with Crippen LogP contribution < -0.4 is 19.7 Å². The number of nitrogens with zero attached hydrogens (tertiary/aromatic N) is 1. The Morgan fingerprint density at radius 2 is 1.90 bits per heavy atom. The van der Waals surface area contributed by atoms with Gasteiger partial charge in [-0.15, -0.1) is 0 Å². The van der Waals surface area contributed by atoms with Crippen LogP contribution in [0.5, 0.6) is 11.5 Å². The molecule has 2 aromatic rings. The van der Waals surface area contributed by atoms with Gasteiger partial charge in [0.2, 0.25) is 11.8 Å². The van der Waals surface area contributed by atoms with E-state index in [4.69, 9.17) is 9.47 Å². The fraction of sp³-hybridized carbons (Fsp3) is 0.273. The molecule has 2 aromatic carbocycles. The van der Waals surface area contributed by atoms with Gasteiger partial charge in [-0.25, -0.2) is 4.39 Å². The van der Waals surface area contributed by atoms with Crippen molar-refractivity contribution < 1.29 is 23.5 Å². The quantitative estimate of drug-likeness (QED) is 0.762. The molecule has 0 saturated carbocycles. The van der Waals surface area contributed by atoms with Gasteiger partial charge in [-0.3, -0.25) is 9.59 Å². The minimum absolute atomic E-state index is 0.119. The Kier molecular flexibility index (Phi) is 6.69. The molecule has 7 heteroatoms. The number of nitrogens with one attached hydrogen (secondary N) is 1. The molecule has 1 N–H and O–H groups in total. The Bertz CT molecular complexity index is 934. The summed E-state index contributed by atoms with van der Waals surface area (Å²) in [6.45, 7) is 0.590. The Hall–Kier alpha value is -3.53. The van der Waals surface area contributed by atoms with Gasteiger partial charge in [-0.1, -0.05) is 24.0 Å². The number of carbonyl (C=O) groups excluding carboxylic acids is 2. The van der Waals surface area contributed by atoms with Crippen LogP contribution in [0.3, 0.4) is 0 Å². The molecule has 29 heavy (non-hydrogen) atoms. The van der Waals surface area contributed by atoms with Crippen molar-refractivity contribution in [2.45, 2.75) is 6.42 Å². The van der Waals surface area contributed by atoms with E-state index in [0.29, 0.717) is 17.2 Å². The molecule has 0 bridgehead atoms. The van der Waals surface area contributed by atoms with Gasteiger partial charge in [0.15, 0.2) is 11.5 Å². The standard InChI is InChI=1S/C22H21FN2O4/c1-28-19-6-2-3-7-20(19)29-13-5-4-12-24-22(27)16-14-21(26)25(15-16)18-10-8-17(23)9-11-18/h2-3,6-11,16H,12-15H2,1H3,(H,24,27). The molecular formula is C22H21FN2O4. The van der Waals surface area contributed by atoms with Crippen LogP contribution in [-0.2, 0) is 9.59 Å². The van der Waals surface area contributed by atoms with Crippen LogP contribution in [0.1, 0.15) is 6.42 Å². The number of rotatable bonds is 6. The lowest BCUT2D eigenvalue weighted by Crippen LogP contribution is -2.33. The van der Waals surface area contributed by atoms with E-state index in [9.17, 15) is 14.0 Å². The van der Waals surface area contributed by atoms with Crippen LogP contribution in [-0.4, -0.2) is 38.6 Å². The Labute approximate surface area is 168 Å². The number of methoxy groups -OCH3 is 1. The average Bonchev–Trinajstić information content (AvgIpc) is 3.13. The van der Waals surface area contributed by atoms with E-state index in [1.807, 2.05) is 12.1 Å². The van der Waals surface area contributed by atoms with Crippen LogP contribution >= 0.6 is 0 Å². The number of ether oxygens (including phenoxy) is 2. The predicted octanol–water partition coefficient (Wildman–Crippen LogP) is 2.39. The smallest absolute Gasteiger partial charge is 0.227 e. The van der Waals surface area contributed by atoms with Gasteiger partial charge in [0.25, 0.3) is 0 Å². The van der Waals surface area contributed by atoms with Crippen molar-refractivity contribution in [1.82, 2.24) is 5.32 Å². The fourth-order valence-electron chi connectivity index (χ4n) is 2.99. The molecular weight excluding hydrogens is 375 g/mol. The molecule has 0 aromatic heterocycles. The molecule has 6 nitrogen and oxygen atoms in total. The molecule has 150 valence electrons. The molecule has 3 rings (SSSR count). The first-order chi connectivity index (χ1) is 14.1. The van der Waals surface area contributed by atoms with E-state index in [1.54, 1.807) is 19.2 Å². The summed E-state index contributed by atoms with van der Waals surface area (Å²) in [5.74, 6) is 5.64. The van der Waals surface area contributed by atoms with Crippen LogP contribution in [0.4, 0.5) is 10.1 Å². The summed E-state index contributed by atoms with van der Waals surface area (Å²) in [6.07, 6.45) is 0.119. The second-order valence-electron chi connectivity index (χ2n) is 6.39. The highest BCUT2D eigenvalue weighted by atomic mass is 19.1. The van der Waals surface area contributed by atoms with E-state index in [-0.39, 0.29) is 43.7 Å². The molecule has 1 atom stereocenters. The lowest BCUT2D eigenvalue weighted by Gasteiger charge is -2.16. The van der Waals surface area contributed by atoms with Crippen molar-refractivity contribution in [3.8, 4) is 23.3 Å². The maximum Gasteiger partial charge on any atom is 0.227 e. The highest BCUT2D eigenvalue weighted by molar-refractivity contribution is 6.00. The van der Waals surface area contributed by atoms with Crippen molar-refractivity contribution in [2.24, 2.45) is 5.92 Å². The molecule has 0 aliphatic carbocycles. The number of benzene rings is 2. The number of halogens is 1. The molecule has 0 spiro atoms. The summed E-state index contributed by atoms with van der Waals surface area (Å²) in [7, 11) is 1.56. The minimum Gasteiger partial charge on any atom is -0.493 e. The minimum atomic E-state index is -0.459. The van der Waals surface area contributed by atoms with E-state index >= 15 is 0 Å². The molecule has 2 amide bonds. The molecule has 0 radical (unpaired) electrons. The first kappa shape index (κ1) is 20.2. The topological polar surface area (TPSA) is 67.9 Å². The van der Waals surface area contributed by atoms with Crippen LogP contribution in [0, 0.1) is 23.6 Å². The first-order valence-corrected chi connectivity index (χ1v) is 9.13. The van der Waals surface area contributed by atoms with Crippen molar-refractivity contribution in [1.29, 1.82) is 0 Å². The zero-order valence-electron chi connectivity index (χ0n) is 16.0. The van der Waals surface area contributed by atoms with Crippen LogP contribution in [0.15, 0.2) is 48.5 Å². The number of carbonyl (C=O) groups is 2. The van der Waals surface area contributed by atoms with Gasteiger partial charge in [0.1, 0.15) is 12.4 Å². The zero-order chi connectivity index (χ0) is 20.6. The van der Waals surface area contributed by atoms with Crippen LogP contribution in [0.25, 0.3) is 0 Å². The highest BCUT2D eigenvalue weighted by Gasteiger charge is 2.34. The Morgan fingerprint density at radius 3 is 2.62 bits per heavy atom. The summed E-state index contributed by atoms with van der Waals surface area (Å²) in [5, 5.41) is 2.72. The van der Waals surface area contributed by atoms with Gasteiger partial charge in [-0.2, -0.15) is 0 Å². The SMILES string of the molecule is COc1ccccc1OCC#CCNC(=O)C1CC(=O)N(c2ccc(F)cc2)C1. The summed E-state index contributed by atoms with van der Waals surface area (Å²) in [4.78, 5) is 26.0. The van der Waals surface area contributed by atoms with E-state index in [2.05, 4.69) is 17.2 Å². The van der Waals surface area contributed by atoms with Gasteiger partial charge in [-0.05, 0) is 36.4 Å². The Balaban J connectivity index is 1.44. The van der Waals surface area contributed by atoms with Gasteiger partial charge >= 0.3 is 0 Å². The predicted molar refractivity (Wildman–Crippen MR) is 106 cm³/mol. The highest BCUT2D eigenvalue weighted by Crippen LogP contribution is 2.26. The van der Waals surface area contributed by atoms with Crippen molar-refractivity contribution >= 4 is 17.5 Å². The number of para-hydroxylation sites is 2. The third-order valence-electron chi connectivity index (χ3n) is 4.48. The lowest BCUT2D eigenvalue weighted by atomic mass is 10.1. The third kappa shape index (κ3) is 5.26. The van der Waals surface area contributed by atoms with E-state index in [0.717, 1.165) is 0 Å². The molecule has 1 aliphatic rings. The fourth-order valence-corrected chi connectivity index (χ4v) is 2.99. The monoisotopic (exact) mass is 396 g/mol. The van der Waals surface area contributed by atoms with Crippen LogP contribution in [0.2, 0.25) is 0 Å². The number of hydrogen-bond donors (Lipinski definition) is 1. The second kappa shape index (κ2) is 9.60. The number of hydrogen-bond acceptors (Lipinski definition) is 4. The summed E-state index contributed by atoms with van der Waals surface area (Å²) in [5.41, 5.74) is 0.583. The second-order valence-corrected chi connectivity index (χ2v) is 6.39. The molecule has 1 fully saturated rings. The molecule has 1 unspecified atom stereocenters. The summed E-state index contributed by atoms with van der Waals surface area (Å²) in [6, 6.07) is 12.9. The van der Waals surface area contributed by atoms with E-state index in [1.165, 1.54) is 29.2 Å². The number of amides is 2. The zero-order valence-corrected chi connectivity index (χ0v) is 16.0. The summed E-state index contributed by atoms with van der Waals surface area (Å²) >= 11 is 0. The van der Waals surface area contributed by atoms with Crippen molar-refractivity contribution in [3.05, 3.63) is 54.3 Å². The van der Waals surface area contributed by atoms with Gasteiger partial charge in [0.05, 0.1) is 19.6 Å². The normalized spacial score (nSPS) is 15.4. The maximum atomic E-state index is 13.0. The third-order valence-corrected chi connectivity index (χ3v) is 4.48. The lowest BCUT2D eigenvalue weighted by molar-refractivity contribution is -0.126. The first-order valence-electron chi connectivity index (χ1n) is 9.13. The van der Waals surface area contributed by atoms with Gasteiger partial charge in [0, 0.05) is 18.7 Å². The van der Waals surface area contributed by atoms with Crippen molar-refractivity contribution in [2.75, 3.05) is 31.7 Å². The average molecular weight is 396 g/mol. The van der Waals surface area contributed by atoms with E-state index < -0.39 is 5.92 Å². The Morgan fingerprint density at radius 1 is 1.17 bits per heavy atom. The molecule has 1 heterocycles. The maximum absolute atomic E-state index is 13.0. The number of anilines is 1. The van der Waals surface area contributed by atoms with Gasteiger partial charge < -0.3 is 19.7 Å². The molecule has 1 saturated heterocycles. The molecule has 1 aliphatic heterocycles. The van der Waals surface area contributed by atoms with Crippen molar-refractivity contribution in [3.63, 3.8) is 0 Å².